The van der Waals surface area contributed by atoms with Crippen LogP contribution in [0.3, 0.4) is 0 Å². The van der Waals surface area contributed by atoms with Gasteiger partial charge in [0, 0.05) is 11.3 Å². The molecule has 1 atom stereocenters. The van der Waals surface area contributed by atoms with Gasteiger partial charge in [0.1, 0.15) is 17.6 Å². The van der Waals surface area contributed by atoms with Gasteiger partial charge in [-0.1, -0.05) is 18.2 Å². The summed E-state index contributed by atoms with van der Waals surface area (Å²) in [5, 5.41) is 6.81. The minimum Gasteiger partial charge on any atom is -0.497 e. The monoisotopic (exact) mass is 315 g/mol. The minimum absolute atomic E-state index is 0.309. The maximum absolute atomic E-state index is 13.4. The second-order valence-electron chi connectivity index (χ2n) is 4.85. The van der Waals surface area contributed by atoms with Crippen LogP contribution in [0, 0.1) is 5.82 Å². The van der Waals surface area contributed by atoms with E-state index in [0.29, 0.717) is 5.56 Å². The van der Waals surface area contributed by atoms with Crippen LogP contribution in [-0.4, -0.2) is 25.3 Å². The molecule has 2 N–H and O–H groups in total. The van der Waals surface area contributed by atoms with E-state index in [1.54, 1.807) is 44.4 Å². The molecule has 0 aromatic heterocycles. The molecule has 6 heteroatoms. The number of methoxy groups -OCH3 is 1. The third kappa shape index (κ3) is 4.81. The Morgan fingerprint density at radius 2 is 1.91 bits per heavy atom. The summed E-state index contributed by atoms with van der Waals surface area (Å²) in [5.74, 6) is 0.0189. The molecule has 0 radical (unpaired) electrons. The molecule has 2 aromatic rings. The number of hydrazone groups is 1. The Morgan fingerprint density at radius 1 is 1.22 bits per heavy atom. The maximum Gasteiger partial charge on any atom is 0.262 e. The van der Waals surface area contributed by atoms with Crippen molar-refractivity contribution in [3.05, 3.63) is 59.9 Å². The number of nitrogens with zero attached hydrogens (tertiary/aromatic N) is 1. The van der Waals surface area contributed by atoms with E-state index < -0.39 is 11.9 Å². The average Bonchev–Trinajstić information content (AvgIpc) is 2.57. The topological polar surface area (TPSA) is 62.7 Å². The second-order valence-corrected chi connectivity index (χ2v) is 4.85. The molecule has 5 nitrogen and oxygen atoms in total. The number of halogens is 1. The first-order valence-corrected chi connectivity index (χ1v) is 7.08. The summed E-state index contributed by atoms with van der Waals surface area (Å²) in [6.45, 7) is 1.71. The lowest BCUT2D eigenvalue weighted by Crippen LogP contribution is -2.34. The molecule has 1 amide bonds. The second kappa shape index (κ2) is 7.93. The first-order chi connectivity index (χ1) is 11.1. The van der Waals surface area contributed by atoms with Crippen molar-refractivity contribution in [3.63, 3.8) is 0 Å². The van der Waals surface area contributed by atoms with Gasteiger partial charge in [-0.25, -0.2) is 9.82 Å². The molecule has 23 heavy (non-hydrogen) atoms. The van der Waals surface area contributed by atoms with Gasteiger partial charge in [-0.05, 0) is 37.3 Å². The molecule has 0 heterocycles. The van der Waals surface area contributed by atoms with E-state index in [4.69, 9.17) is 4.74 Å². The van der Waals surface area contributed by atoms with Gasteiger partial charge in [0.05, 0.1) is 13.3 Å². The number of amides is 1. The molecule has 2 rings (SSSR count). The fraction of sp³-hybridized carbons (Fsp3) is 0.176. The molecular weight excluding hydrogens is 297 g/mol. The van der Waals surface area contributed by atoms with Crippen LogP contribution in [0.1, 0.15) is 12.5 Å². The van der Waals surface area contributed by atoms with E-state index >= 15 is 0 Å². The zero-order valence-corrected chi connectivity index (χ0v) is 12.9. The highest BCUT2D eigenvalue weighted by molar-refractivity contribution is 5.86. The summed E-state index contributed by atoms with van der Waals surface area (Å²) in [5.41, 5.74) is 3.47. The van der Waals surface area contributed by atoms with Crippen molar-refractivity contribution in [1.29, 1.82) is 0 Å². The van der Waals surface area contributed by atoms with E-state index in [0.717, 1.165) is 11.4 Å². The summed E-state index contributed by atoms with van der Waals surface area (Å²) in [6.07, 6.45) is 1.27. The van der Waals surface area contributed by atoms with E-state index in [1.165, 1.54) is 12.3 Å². The van der Waals surface area contributed by atoms with Crippen molar-refractivity contribution in [2.75, 3.05) is 12.4 Å². The molecule has 0 aliphatic heterocycles. The van der Waals surface area contributed by atoms with Crippen molar-refractivity contribution in [1.82, 2.24) is 5.43 Å². The van der Waals surface area contributed by atoms with Crippen molar-refractivity contribution < 1.29 is 13.9 Å². The van der Waals surface area contributed by atoms with Gasteiger partial charge < -0.3 is 10.1 Å². The van der Waals surface area contributed by atoms with Crippen molar-refractivity contribution in [2.24, 2.45) is 5.10 Å². The summed E-state index contributed by atoms with van der Waals surface area (Å²) in [4.78, 5) is 11.9. The quantitative estimate of drug-likeness (QED) is 0.636. The standard InChI is InChI=1S/C17H18FN3O2/c1-12(20-14-7-9-15(23-2)10-8-14)17(22)21-19-11-13-5-3-4-6-16(13)18/h3-12,20H,1-2H3,(H,21,22). The van der Waals surface area contributed by atoms with Gasteiger partial charge >= 0.3 is 0 Å². The number of hydrogen-bond donors (Lipinski definition) is 2. The number of rotatable bonds is 6. The van der Waals surface area contributed by atoms with Gasteiger partial charge in [-0.2, -0.15) is 5.10 Å². The fourth-order valence-electron chi connectivity index (χ4n) is 1.84. The Balaban J connectivity index is 1.88. The molecule has 0 bridgehead atoms. The van der Waals surface area contributed by atoms with E-state index in [9.17, 15) is 9.18 Å². The Kier molecular flexibility index (Phi) is 5.68. The number of hydrogen-bond acceptors (Lipinski definition) is 4. The molecule has 0 spiro atoms. The molecule has 0 saturated carbocycles. The van der Waals surface area contributed by atoms with Crippen LogP contribution < -0.4 is 15.5 Å². The van der Waals surface area contributed by atoms with Gasteiger partial charge in [0.2, 0.25) is 0 Å². The third-order valence-corrected chi connectivity index (χ3v) is 3.15. The summed E-state index contributed by atoms with van der Waals surface area (Å²) < 4.78 is 18.5. The SMILES string of the molecule is COc1ccc(NC(C)C(=O)NN=Cc2ccccc2F)cc1. The number of ether oxygens (including phenoxy) is 1. The average molecular weight is 315 g/mol. The summed E-state index contributed by atoms with van der Waals surface area (Å²) >= 11 is 0. The molecule has 120 valence electrons. The number of carbonyl (C=O) groups is 1. The Hall–Kier alpha value is -2.89. The van der Waals surface area contributed by atoms with Crippen molar-refractivity contribution in [3.8, 4) is 5.75 Å². The van der Waals surface area contributed by atoms with Gasteiger partial charge in [0.25, 0.3) is 5.91 Å². The number of benzene rings is 2. The fourth-order valence-corrected chi connectivity index (χ4v) is 1.84. The highest BCUT2D eigenvalue weighted by Crippen LogP contribution is 2.15. The van der Waals surface area contributed by atoms with Gasteiger partial charge in [-0.3, -0.25) is 4.79 Å². The summed E-state index contributed by atoms with van der Waals surface area (Å²) in [7, 11) is 1.59. The zero-order chi connectivity index (χ0) is 16.7. The Bertz CT molecular complexity index is 686. The molecule has 0 saturated heterocycles. The number of anilines is 1. The van der Waals surface area contributed by atoms with Crippen LogP contribution in [0.2, 0.25) is 0 Å². The molecule has 2 aromatic carbocycles. The van der Waals surface area contributed by atoms with Crippen molar-refractivity contribution >= 4 is 17.8 Å². The highest BCUT2D eigenvalue weighted by Gasteiger charge is 2.11. The molecule has 0 fully saturated rings. The molecule has 0 aliphatic rings. The van der Waals surface area contributed by atoms with Crippen molar-refractivity contribution in [2.45, 2.75) is 13.0 Å². The zero-order valence-electron chi connectivity index (χ0n) is 12.9. The van der Waals surface area contributed by atoms with E-state index in [1.807, 2.05) is 12.1 Å². The predicted molar refractivity (Wildman–Crippen MR) is 88.2 cm³/mol. The largest absolute Gasteiger partial charge is 0.497 e. The van der Waals surface area contributed by atoms with Crippen LogP contribution in [-0.2, 0) is 4.79 Å². The van der Waals surface area contributed by atoms with Crippen LogP contribution >= 0.6 is 0 Å². The van der Waals surface area contributed by atoms with Gasteiger partial charge in [0.15, 0.2) is 0 Å². The number of nitrogens with one attached hydrogen (secondary N) is 2. The van der Waals surface area contributed by atoms with E-state index in [2.05, 4.69) is 15.8 Å². The maximum atomic E-state index is 13.4. The minimum atomic E-state index is -0.499. The van der Waals surface area contributed by atoms with Gasteiger partial charge in [-0.15, -0.1) is 0 Å². The lowest BCUT2D eigenvalue weighted by molar-refractivity contribution is -0.121. The number of carbonyl (C=O) groups excluding carboxylic acids is 1. The smallest absolute Gasteiger partial charge is 0.262 e. The first-order valence-electron chi connectivity index (χ1n) is 7.08. The van der Waals surface area contributed by atoms with Crippen LogP contribution in [0.5, 0.6) is 5.75 Å². The van der Waals surface area contributed by atoms with Crippen LogP contribution in [0.4, 0.5) is 10.1 Å². The molecule has 0 aliphatic carbocycles. The predicted octanol–water partition coefficient (Wildman–Crippen LogP) is 2.79. The lowest BCUT2D eigenvalue weighted by Gasteiger charge is -2.13. The Labute approximate surface area is 134 Å². The summed E-state index contributed by atoms with van der Waals surface area (Å²) in [6, 6.07) is 12.9. The molecule has 1 unspecified atom stereocenters. The molecular formula is C17H18FN3O2. The highest BCUT2D eigenvalue weighted by atomic mass is 19.1. The Morgan fingerprint density at radius 3 is 2.57 bits per heavy atom. The van der Waals surface area contributed by atoms with Crippen LogP contribution in [0.25, 0.3) is 0 Å². The van der Waals surface area contributed by atoms with Crippen LogP contribution in [0.15, 0.2) is 53.6 Å². The van der Waals surface area contributed by atoms with E-state index in [-0.39, 0.29) is 5.91 Å². The normalized spacial score (nSPS) is 12.0. The lowest BCUT2D eigenvalue weighted by atomic mass is 10.2. The third-order valence-electron chi connectivity index (χ3n) is 3.15. The first kappa shape index (κ1) is 16.5.